The molecule has 3 nitrogen and oxygen atoms in total. The summed E-state index contributed by atoms with van der Waals surface area (Å²) in [6.07, 6.45) is 0. The summed E-state index contributed by atoms with van der Waals surface area (Å²) in [6, 6.07) is 71.0. The van der Waals surface area contributed by atoms with Crippen molar-refractivity contribution in [3.8, 4) is 33.4 Å². The van der Waals surface area contributed by atoms with Gasteiger partial charge in [-0.25, -0.2) is 0 Å². The normalized spacial score (nSPS) is 11.6. The largest absolute Gasteiger partial charge is 0.455 e. The molecule has 0 saturated heterocycles. The highest BCUT2D eigenvalue weighted by atomic mass is 16.3. The minimum absolute atomic E-state index is 0.839. The predicted molar refractivity (Wildman–Crippen MR) is 229 cm³/mol. The summed E-state index contributed by atoms with van der Waals surface area (Å²) in [5.74, 6) is 0. The molecule has 55 heavy (non-hydrogen) atoms. The Kier molecular flexibility index (Phi) is 7.17. The van der Waals surface area contributed by atoms with E-state index in [1.165, 1.54) is 16.5 Å². The van der Waals surface area contributed by atoms with Gasteiger partial charge in [0.1, 0.15) is 16.7 Å². The predicted octanol–water partition coefficient (Wildman–Crippen LogP) is 15.1. The van der Waals surface area contributed by atoms with E-state index in [1.54, 1.807) is 0 Å². The van der Waals surface area contributed by atoms with Crippen LogP contribution in [-0.4, -0.2) is 0 Å². The zero-order chi connectivity index (χ0) is 36.3. The van der Waals surface area contributed by atoms with Crippen molar-refractivity contribution in [1.29, 1.82) is 0 Å². The van der Waals surface area contributed by atoms with Gasteiger partial charge in [-0.05, 0) is 75.7 Å². The molecule has 3 heteroatoms. The molecule has 0 radical (unpaired) electrons. The fraction of sp³-hybridized carbons (Fsp3) is 0. The lowest BCUT2D eigenvalue weighted by Crippen LogP contribution is -2.11. The van der Waals surface area contributed by atoms with Gasteiger partial charge in [-0.3, -0.25) is 0 Å². The second kappa shape index (κ2) is 12.6. The van der Waals surface area contributed by atoms with Crippen molar-refractivity contribution in [2.45, 2.75) is 0 Å². The second-order valence-corrected chi connectivity index (χ2v) is 14.0. The van der Waals surface area contributed by atoms with Gasteiger partial charge in [0.05, 0.1) is 11.4 Å². The van der Waals surface area contributed by atoms with Crippen LogP contribution in [-0.2, 0) is 0 Å². The van der Waals surface area contributed by atoms with Gasteiger partial charge in [0.25, 0.3) is 0 Å². The van der Waals surface area contributed by atoms with Crippen LogP contribution in [0.15, 0.2) is 209 Å². The molecular weight excluding hydrogens is 671 g/mol. The van der Waals surface area contributed by atoms with E-state index in [9.17, 15) is 0 Å². The van der Waals surface area contributed by atoms with Gasteiger partial charge in [0.2, 0.25) is 0 Å². The topological polar surface area (TPSA) is 29.5 Å². The van der Waals surface area contributed by atoms with Gasteiger partial charge in [-0.2, -0.15) is 0 Å². The lowest BCUT2D eigenvalue weighted by molar-refractivity contribution is 0.669. The third-order valence-corrected chi connectivity index (χ3v) is 10.8. The quantitative estimate of drug-likeness (QED) is 0.173. The number of rotatable bonds is 6. The van der Waals surface area contributed by atoms with Crippen LogP contribution in [0, 0.1) is 0 Å². The average molecular weight is 704 g/mol. The maximum absolute atomic E-state index is 6.78. The molecule has 0 unspecified atom stereocenters. The third-order valence-electron chi connectivity index (χ3n) is 10.8. The molecule has 0 aliphatic rings. The van der Waals surface area contributed by atoms with Crippen LogP contribution in [0.1, 0.15) is 0 Å². The Morgan fingerprint density at radius 1 is 0.291 bits per heavy atom. The van der Waals surface area contributed by atoms with Crippen LogP contribution in [0.3, 0.4) is 0 Å². The summed E-state index contributed by atoms with van der Waals surface area (Å²) in [7, 11) is 0. The fourth-order valence-electron chi connectivity index (χ4n) is 8.33. The van der Waals surface area contributed by atoms with E-state index < -0.39 is 0 Å². The summed E-state index contributed by atoms with van der Waals surface area (Å²) in [5, 5.41) is 6.71. The molecule has 0 spiro atoms. The SMILES string of the molecule is c1ccc(-c2cc(-c3cccc4c3oc3ccccc34)cc(N(c3ccc(-c4ccccc4)c4ccccc34)c3cccc4c3oc3ccccc34)c2)cc1. The highest BCUT2D eigenvalue weighted by Crippen LogP contribution is 2.48. The van der Waals surface area contributed by atoms with Gasteiger partial charge in [-0.15, -0.1) is 0 Å². The van der Waals surface area contributed by atoms with Gasteiger partial charge < -0.3 is 13.7 Å². The number of furan rings is 2. The Bertz CT molecular complexity index is 3210. The number of fused-ring (bicyclic) bond motifs is 7. The van der Waals surface area contributed by atoms with Gasteiger partial charge in [0.15, 0.2) is 5.58 Å². The van der Waals surface area contributed by atoms with E-state index in [2.05, 4.69) is 187 Å². The number of hydrogen-bond donors (Lipinski definition) is 0. The lowest BCUT2D eigenvalue weighted by atomic mass is 9.94. The minimum atomic E-state index is 0.839. The smallest absolute Gasteiger partial charge is 0.159 e. The number of nitrogens with zero attached hydrogens (tertiary/aromatic N) is 1. The van der Waals surface area contributed by atoms with Crippen LogP contribution >= 0.6 is 0 Å². The molecule has 0 amide bonds. The van der Waals surface area contributed by atoms with E-state index in [-0.39, 0.29) is 0 Å². The van der Waals surface area contributed by atoms with Crippen LogP contribution < -0.4 is 4.90 Å². The molecule has 9 aromatic carbocycles. The zero-order valence-electron chi connectivity index (χ0n) is 29.8. The van der Waals surface area contributed by atoms with Crippen LogP contribution in [0.25, 0.3) is 88.0 Å². The van der Waals surface area contributed by atoms with Gasteiger partial charge >= 0.3 is 0 Å². The Hall–Kier alpha value is -7.36. The average Bonchev–Trinajstić information content (AvgIpc) is 3.84. The summed E-state index contributed by atoms with van der Waals surface area (Å²) in [5.41, 5.74) is 13.2. The molecule has 0 aliphatic carbocycles. The van der Waals surface area contributed by atoms with E-state index in [0.717, 1.165) is 88.6 Å². The first kappa shape index (κ1) is 31.2. The Morgan fingerprint density at radius 2 is 0.836 bits per heavy atom. The monoisotopic (exact) mass is 703 g/mol. The molecule has 0 atom stereocenters. The van der Waals surface area contributed by atoms with Gasteiger partial charge in [0, 0.05) is 38.2 Å². The lowest BCUT2D eigenvalue weighted by Gasteiger charge is -2.28. The second-order valence-electron chi connectivity index (χ2n) is 14.0. The summed E-state index contributed by atoms with van der Waals surface area (Å²) >= 11 is 0. The van der Waals surface area contributed by atoms with E-state index in [4.69, 9.17) is 8.83 Å². The Morgan fingerprint density at radius 3 is 1.56 bits per heavy atom. The molecule has 0 fully saturated rings. The molecule has 0 bridgehead atoms. The number of hydrogen-bond acceptors (Lipinski definition) is 3. The molecule has 0 saturated carbocycles. The van der Waals surface area contributed by atoms with Crippen molar-refractivity contribution in [3.05, 3.63) is 200 Å². The fourth-order valence-corrected chi connectivity index (χ4v) is 8.33. The van der Waals surface area contributed by atoms with Crippen molar-refractivity contribution in [2.75, 3.05) is 4.90 Å². The van der Waals surface area contributed by atoms with Crippen molar-refractivity contribution >= 4 is 71.7 Å². The highest BCUT2D eigenvalue weighted by molar-refractivity contribution is 6.14. The molecule has 258 valence electrons. The number of para-hydroxylation sites is 4. The maximum Gasteiger partial charge on any atom is 0.159 e. The summed E-state index contributed by atoms with van der Waals surface area (Å²) < 4.78 is 13.4. The molecule has 2 aromatic heterocycles. The minimum Gasteiger partial charge on any atom is -0.455 e. The summed E-state index contributed by atoms with van der Waals surface area (Å²) in [6.45, 7) is 0. The maximum atomic E-state index is 6.78. The first-order valence-corrected chi connectivity index (χ1v) is 18.7. The Labute approximate surface area is 317 Å². The number of benzene rings is 9. The van der Waals surface area contributed by atoms with E-state index >= 15 is 0 Å². The summed E-state index contributed by atoms with van der Waals surface area (Å²) in [4.78, 5) is 2.39. The molecule has 0 N–H and O–H groups in total. The van der Waals surface area contributed by atoms with Crippen molar-refractivity contribution in [2.24, 2.45) is 0 Å². The van der Waals surface area contributed by atoms with Crippen LogP contribution in [0.4, 0.5) is 17.1 Å². The molecule has 11 rings (SSSR count). The van der Waals surface area contributed by atoms with Crippen molar-refractivity contribution in [3.63, 3.8) is 0 Å². The van der Waals surface area contributed by atoms with Crippen molar-refractivity contribution in [1.82, 2.24) is 0 Å². The standard InChI is InChI=1S/C52H33NO2/c1-3-15-34(16-4-1)36-31-37(40-23-13-24-45-43-21-9-11-27-49(43)54-51(40)45)33-38(32-36)53(48-26-14-25-46-44-22-10-12-28-50(44)55-52(46)48)47-30-29-39(35-17-5-2-6-18-35)41-19-7-8-20-42(41)47/h1-33H. The first-order valence-electron chi connectivity index (χ1n) is 18.7. The molecule has 0 aliphatic heterocycles. The molecule has 2 heterocycles. The highest BCUT2D eigenvalue weighted by Gasteiger charge is 2.24. The first-order chi connectivity index (χ1) is 27.3. The zero-order valence-corrected chi connectivity index (χ0v) is 29.8. The number of anilines is 3. The van der Waals surface area contributed by atoms with Crippen LogP contribution in [0.2, 0.25) is 0 Å². The Balaban J connectivity index is 1.23. The van der Waals surface area contributed by atoms with Gasteiger partial charge in [-0.1, -0.05) is 158 Å². The van der Waals surface area contributed by atoms with E-state index in [1.807, 2.05) is 18.2 Å². The molecular formula is C52H33NO2. The molecule has 11 aromatic rings. The van der Waals surface area contributed by atoms with Crippen molar-refractivity contribution < 1.29 is 8.83 Å². The third kappa shape index (κ3) is 5.13. The van der Waals surface area contributed by atoms with Crippen LogP contribution in [0.5, 0.6) is 0 Å². The van der Waals surface area contributed by atoms with E-state index in [0.29, 0.717) is 0 Å².